The lowest BCUT2D eigenvalue weighted by Crippen LogP contribution is -2.49. The number of rotatable bonds is 9. The number of carbonyl (C=O) groups excluding carboxylic acids is 2. The number of sulfonamides is 1. The minimum Gasteiger partial charge on any atom is -0.329 e. The molecule has 1 aliphatic rings. The zero-order chi connectivity index (χ0) is 26.6. The Labute approximate surface area is 225 Å². The Morgan fingerprint density at radius 3 is 2.41 bits per heavy atom. The maximum Gasteiger partial charge on any atom is 0.254 e. The molecule has 3 aromatic carbocycles. The molecule has 0 fully saturated rings. The Bertz CT molecular complexity index is 1400. The van der Waals surface area contributed by atoms with Crippen LogP contribution in [0.2, 0.25) is 10.0 Å². The van der Waals surface area contributed by atoms with Gasteiger partial charge in [-0.2, -0.15) is 0 Å². The summed E-state index contributed by atoms with van der Waals surface area (Å²) in [7, 11) is -3.50. The molecule has 0 saturated carbocycles. The number of nitrogens with one attached hydrogen (secondary N) is 2. The van der Waals surface area contributed by atoms with E-state index in [1.54, 1.807) is 36.4 Å². The second kappa shape index (κ2) is 11.6. The van der Waals surface area contributed by atoms with Gasteiger partial charge in [-0.25, -0.2) is 18.6 Å². The molecule has 0 unspecified atom stereocenters. The fourth-order valence-corrected chi connectivity index (χ4v) is 5.37. The van der Waals surface area contributed by atoms with E-state index in [-0.39, 0.29) is 30.6 Å². The van der Waals surface area contributed by atoms with Crippen molar-refractivity contribution in [1.29, 1.82) is 0 Å². The predicted octanol–water partition coefficient (Wildman–Crippen LogP) is 4.07. The van der Waals surface area contributed by atoms with Crippen molar-refractivity contribution < 1.29 is 22.8 Å². The third-order valence-electron chi connectivity index (χ3n) is 5.97. The summed E-state index contributed by atoms with van der Waals surface area (Å²) < 4.78 is 25.8. The van der Waals surface area contributed by atoms with Crippen LogP contribution in [0.15, 0.2) is 72.8 Å². The first-order valence-electron chi connectivity index (χ1n) is 11.4. The fourth-order valence-electron chi connectivity index (χ4n) is 4.39. The number of hydrogen-bond acceptors (Lipinski definition) is 5. The molecule has 8 nitrogen and oxygen atoms in total. The van der Waals surface area contributed by atoms with Gasteiger partial charge in [0.05, 0.1) is 24.8 Å². The largest absolute Gasteiger partial charge is 0.329 e. The molecular formula is C26H25Cl2N3O5S. The minimum atomic E-state index is -3.50. The average molecular weight is 562 g/mol. The fraction of sp³-hybridized carbons (Fsp3) is 0.231. The van der Waals surface area contributed by atoms with Crippen LogP contribution < -0.4 is 10.2 Å². The van der Waals surface area contributed by atoms with Crippen molar-refractivity contribution in [3.8, 4) is 0 Å². The highest BCUT2D eigenvalue weighted by molar-refractivity contribution is 7.88. The molecule has 2 N–H and O–H groups in total. The highest BCUT2D eigenvalue weighted by Crippen LogP contribution is 2.45. The Kier molecular flexibility index (Phi) is 8.51. The molecule has 0 spiro atoms. The van der Waals surface area contributed by atoms with Crippen LogP contribution in [-0.4, -0.2) is 44.5 Å². The third kappa shape index (κ3) is 6.49. The molecule has 3 aromatic rings. The van der Waals surface area contributed by atoms with Crippen LogP contribution in [0.25, 0.3) is 0 Å². The van der Waals surface area contributed by atoms with E-state index in [4.69, 9.17) is 28.0 Å². The second-order valence-corrected chi connectivity index (χ2v) is 11.3. The van der Waals surface area contributed by atoms with Gasteiger partial charge in [-0.3, -0.25) is 14.4 Å². The lowest BCUT2D eigenvalue weighted by molar-refractivity contribution is -0.138. The summed E-state index contributed by atoms with van der Waals surface area (Å²) in [6, 6.07) is 20.1. The maximum absolute atomic E-state index is 13.6. The van der Waals surface area contributed by atoms with E-state index in [9.17, 15) is 18.0 Å². The van der Waals surface area contributed by atoms with Crippen LogP contribution in [0.1, 0.15) is 39.0 Å². The Morgan fingerprint density at radius 1 is 1.00 bits per heavy atom. The summed E-state index contributed by atoms with van der Waals surface area (Å²) >= 11 is 12.7. The molecule has 11 heteroatoms. The topological polar surface area (TPSA) is 105 Å². The number of nitrogens with zero attached hydrogens (tertiary/aromatic N) is 1. The molecule has 2 atom stereocenters. The first kappa shape index (κ1) is 27.1. The minimum absolute atomic E-state index is 0.00148. The number of halogens is 2. The summed E-state index contributed by atoms with van der Waals surface area (Å²) in [5, 5.41) is 0.669. The maximum atomic E-state index is 13.6. The van der Waals surface area contributed by atoms with E-state index in [2.05, 4.69) is 10.2 Å². The molecule has 194 valence electrons. The van der Waals surface area contributed by atoms with Crippen LogP contribution in [-0.2, 0) is 26.3 Å². The van der Waals surface area contributed by atoms with E-state index in [0.717, 1.165) is 11.8 Å². The van der Waals surface area contributed by atoms with E-state index in [0.29, 0.717) is 21.7 Å². The summed E-state index contributed by atoms with van der Waals surface area (Å²) in [5.41, 5.74) is 4.75. The number of carbonyl (C=O) groups is 2. The third-order valence-corrected chi connectivity index (χ3v) is 7.26. The summed E-state index contributed by atoms with van der Waals surface area (Å²) in [4.78, 5) is 34.2. The van der Waals surface area contributed by atoms with Crippen LogP contribution in [0, 0.1) is 0 Å². The highest BCUT2D eigenvalue weighted by atomic mass is 35.5. The second-order valence-electron chi connectivity index (χ2n) is 8.58. The lowest BCUT2D eigenvalue weighted by atomic mass is 9.79. The van der Waals surface area contributed by atoms with Crippen molar-refractivity contribution in [2.45, 2.75) is 18.6 Å². The van der Waals surface area contributed by atoms with Crippen molar-refractivity contribution in [3.63, 3.8) is 0 Å². The van der Waals surface area contributed by atoms with Crippen LogP contribution >= 0.6 is 23.2 Å². The van der Waals surface area contributed by atoms with Gasteiger partial charge in [0.1, 0.15) is 0 Å². The van der Waals surface area contributed by atoms with E-state index in [1.165, 1.54) is 11.0 Å². The molecule has 0 saturated heterocycles. The number of amides is 2. The quantitative estimate of drug-likeness (QED) is 0.383. The van der Waals surface area contributed by atoms with Crippen molar-refractivity contribution in [2.75, 3.05) is 19.3 Å². The molecule has 2 amide bonds. The number of fused-ring (bicyclic) bond motifs is 1. The van der Waals surface area contributed by atoms with Crippen molar-refractivity contribution in [1.82, 2.24) is 15.1 Å². The molecule has 0 aromatic heterocycles. The van der Waals surface area contributed by atoms with Gasteiger partial charge in [0, 0.05) is 28.7 Å². The number of hydrogen-bond donors (Lipinski definition) is 2. The molecule has 0 aliphatic carbocycles. The van der Waals surface area contributed by atoms with E-state index >= 15 is 0 Å². The van der Waals surface area contributed by atoms with Gasteiger partial charge in [-0.1, -0.05) is 77.8 Å². The van der Waals surface area contributed by atoms with Crippen LogP contribution in [0.3, 0.4) is 0 Å². The van der Waals surface area contributed by atoms with Gasteiger partial charge in [-0.05, 0) is 34.9 Å². The van der Waals surface area contributed by atoms with Gasteiger partial charge in [0.25, 0.3) is 11.8 Å². The first-order valence-corrected chi connectivity index (χ1v) is 14.1. The Balaban J connectivity index is 1.72. The van der Waals surface area contributed by atoms with E-state index < -0.39 is 27.9 Å². The molecule has 1 heterocycles. The smallest absolute Gasteiger partial charge is 0.254 e. The molecule has 1 aliphatic heterocycles. The Hall–Kier alpha value is -2.95. The molecule has 0 radical (unpaired) electrons. The van der Waals surface area contributed by atoms with Gasteiger partial charge in [0.2, 0.25) is 10.0 Å². The number of benzene rings is 3. The molecule has 37 heavy (non-hydrogen) atoms. The molecule has 4 rings (SSSR count). The SMILES string of the molecule is CS(=O)(=O)NCCN1C(=O)c2ccccc2[C@@H](C(=O)NOCc2ccccc2)[C@@H]1c1ccc(Cl)cc1Cl. The number of hydroxylamine groups is 1. The predicted molar refractivity (Wildman–Crippen MR) is 142 cm³/mol. The average Bonchev–Trinajstić information content (AvgIpc) is 2.85. The highest BCUT2D eigenvalue weighted by Gasteiger charge is 2.44. The lowest BCUT2D eigenvalue weighted by Gasteiger charge is -2.42. The van der Waals surface area contributed by atoms with Crippen molar-refractivity contribution in [2.24, 2.45) is 0 Å². The van der Waals surface area contributed by atoms with Gasteiger partial charge >= 0.3 is 0 Å². The van der Waals surface area contributed by atoms with Crippen molar-refractivity contribution in [3.05, 3.63) is 105 Å². The first-order chi connectivity index (χ1) is 17.7. The van der Waals surface area contributed by atoms with Crippen molar-refractivity contribution >= 4 is 45.0 Å². The van der Waals surface area contributed by atoms with E-state index in [1.807, 2.05) is 30.3 Å². The zero-order valence-corrected chi connectivity index (χ0v) is 22.2. The van der Waals surface area contributed by atoms with Gasteiger partial charge in [-0.15, -0.1) is 0 Å². The standard InChI is InChI=1S/C26H25Cl2N3O5S/c1-37(34,35)29-13-14-31-24(21-12-11-18(27)15-22(21)28)23(19-9-5-6-10-20(19)26(31)33)25(32)30-36-16-17-7-3-2-4-8-17/h2-12,15,23-24,29H,13-14,16H2,1H3,(H,30,32)/t23-,24+/m1/s1. The Morgan fingerprint density at radius 2 is 1.70 bits per heavy atom. The summed E-state index contributed by atoms with van der Waals surface area (Å²) in [6.07, 6.45) is 1.04. The van der Waals surface area contributed by atoms with Gasteiger partial charge in [0.15, 0.2) is 0 Å². The monoisotopic (exact) mass is 561 g/mol. The summed E-state index contributed by atoms with van der Waals surface area (Å²) in [5.74, 6) is -1.73. The van der Waals surface area contributed by atoms with Crippen LogP contribution in [0.5, 0.6) is 0 Å². The molecular weight excluding hydrogens is 537 g/mol. The zero-order valence-electron chi connectivity index (χ0n) is 19.9. The van der Waals surface area contributed by atoms with Crippen LogP contribution in [0.4, 0.5) is 0 Å². The van der Waals surface area contributed by atoms with Gasteiger partial charge < -0.3 is 4.90 Å². The summed E-state index contributed by atoms with van der Waals surface area (Å²) in [6.45, 7) is 0.0973. The normalized spacial score (nSPS) is 17.4. The molecule has 0 bridgehead atoms.